The molecule has 1 saturated heterocycles. The van der Waals surface area contributed by atoms with Crippen LogP contribution in [0.5, 0.6) is 0 Å². The van der Waals surface area contributed by atoms with Crippen LogP contribution in [0.2, 0.25) is 0 Å². The fraction of sp³-hybridized carbons (Fsp3) is 0.227. The van der Waals surface area contributed by atoms with E-state index in [2.05, 4.69) is 34.5 Å². The van der Waals surface area contributed by atoms with Gasteiger partial charge in [0.2, 0.25) is 5.91 Å². The van der Waals surface area contributed by atoms with E-state index in [1.165, 1.54) is 5.56 Å². The lowest BCUT2D eigenvalue weighted by Crippen LogP contribution is -2.48. The van der Waals surface area contributed by atoms with E-state index in [1.54, 1.807) is 29.2 Å². The van der Waals surface area contributed by atoms with Crippen molar-refractivity contribution in [2.24, 2.45) is 0 Å². The van der Waals surface area contributed by atoms with Gasteiger partial charge in [-0.25, -0.2) is 0 Å². The van der Waals surface area contributed by atoms with E-state index in [0.717, 1.165) is 24.9 Å². The predicted octanol–water partition coefficient (Wildman–Crippen LogP) is 1.20. The number of nitrogens with zero attached hydrogens (tertiary/aromatic N) is 2. The highest BCUT2D eigenvalue weighted by Gasteiger charge is 2.24. The van der Waals surface area contributed by atoms with Gasteiger partial charge in [-0.1, -0.05) is 29.8 Å². The molecular weight excluding hydrogens is 370 g/mol. The van der Waals surface area contributed by atoms with Gasteiger partial charge in [-0.15, -0.1) is 0 Å². The fourth-order valence-electron chi connectivity index (χ4n) is 3.19. The van der Waals surface area contributed by atoms with E-state index in [1.807, 2.05) is 6.92 Å². The molecule has 1 heterocycles. The molecule has 0 atom stereocenters. The summed E-state index contributed by atoms with van der Waals surface area (Å²) >= 11 is 0. The minimum atomic E-state index is -1.46. The molecule has 7 heteroatoms. The van der Waals surface area contributed by atoms with E-state index in [-0.39, 0.29) is 5.91 Å². The molecule has 1 N–H and O–H groups in total. The Labute approximate surface area is 169 Å². The summed E-state index contributed by atoms with van der Waals surface area (Å²) in [4.78, 5) is 39.3. The first-order chi connectivity index (χ1) is 13.9. The highest BCUT2D eigenvalue weighted by atomic mass is 16.4. The quantitative estimate of drug-likeness (QED) is 0.772. The summed E-state index contributed by atoms with van der Waals surface area (Å²) < 4.78 is 0. The first-order valence-electron chi connectivity index (χ1n) is 9.34. The highest BCUT2D eigenvalue weighted by Crippen LogP contribution is 2.21. The lowest BCUT2D eigenvalue weighted by Gasteiger charge is -2.36. The maximum Gasteiger partial charge on any atom is 0.256 e. The fourth-order valence-corrected chi connectivity index (χ4v) is 3.19. The van der Waals surface area contributed by atoms with Crippen LogP contribution in [0, 0.1) is 6.92 Å². The molecule has 2 aromatic rings. The van der Waals surface area contributed by atoms with Gasteiger partial charge in [0, 0.05) is 37.9 Å². The van der Waals surface area contributed by atoms with Crippen LogP contribution in [-0.2, 0) is 9.59 Å². The first-order valence-corrected chi connectivity index (χ1v) is 9.34. The Bertz CT molecular complexity index is 929. The average molecular weight is 392 g/mol. The number of piperazine rings is 1. The Morgan fingerprint density at radius 3 is 2.24 bits per heavy atom. The number of nitrogens with one attached hydrogen (secondary N) is 1. The summed E-state index contributed by atoms with van der Waals surface area (Å²) in [5, 5.41) is 13.0. The molecule has 3 rings (SSSR count). The van der Waals surface area contributed by atoms with E-state index < -0.39 is 11.9 Å². The largest absolute Gasteiger partial charge is 0.545 e. The number of carboxylic acids is 1. The third-order valence-electron chi connectivity index (χ3n) is 4.75. The van der Waals surface area contributed by atoms with Crippen molar-refractivity contribution in [2.45, 2.75) is 6.92 Å². The normalized spacial score (nSPS) is 14.1. The molecule has 150 valence electrons. The summed E-state index contributed by atoms with van der Waals surface area (Å²) in [6, 6.07) is 15.0. The maximum absolute atomic E-state index is 13.0. The Balaban J connectivity index is 1.66. The van der Waals surface area contributed by atoms with Crippen LogP contribution in [0.4, 0.5) is 11.4 Å². The smallest absolute Gasteiger partial charge is 0.256 e. The third-order valence-corrected chi connectivity index (χ3v) is 4.75. The molecule has 1 aliphatic rings. The predicted molar refractivity (Wildman–Crippen MR) is 109 cm³/mol. The zero-order chi connectivity index (χ0) is 20.8. The van der Waals surface area contributed by atoms with E-state index in [4.69, 9.17) is 0 Å². The molecule has 2 aromatic carbocycles. The molecule has 0 aromatic heterocycles. The van der Waals surface area contributed by atoms with Gasteiger partial charge in [0.05, 0.1) is 17.2 Å². The third kappa shape index (κ3) is 5.22. The molecular formula is C22H22N3O4-. The second-order valence-corrected chi connectivity index (χ2v) is 6.80. The lowest BCUT2D eigenvalue weighted by atomic mass is 10.1. The minimum Gasteiger partial charge on any atom is -0.545 e. The monoisotopic (exact) mass is 392 g/mol. The second kappa shape index (κ2) is 9.05. The molecule has 0 radical (unpaired) electrons. The number of carbonyl (C=O) groups excluding carboxylic acids is 3. The zero-order valence-corrected chi connectivity index (χ0v) is 16.1. The Hall–Kier alpha value is -3.61. The van der Waals surface area contributed by atoms with Gasteiger partial charge in [0.1, 0.15) is 0 Å². The first kappa shape index (κ1) is 20.1. The molecule has 1 fully saturated rings. The number of carbonyl (C=O) groups is 3. The topological polar surface area (TPSA) is 92.8 Å². The highest BCUT2D eigenvalue weighted by molar-refractivity contribution is 6.07. The van der Waals surface area contributed by atoms with Gasteiger partial charge in [0.15, 0.2) is 0 Å². The van der Waals surface area contributed by atoms with Crippen molar-refractivity contribution in [1.29, 1.82) is 0 Å². The van der Waals surface area contributed by atoms with Gasteiger partial charge < -0.3 is 25.0 Å². The number of hydrogen-bond acceptors (Lipinski definition) is 5. The zero-order valence-electron chi connectivity index (χ0n) is 16.1. The van der Waals surface area contributed by atoms with Gasteiger partial charge >= 0.3 is 0 Å². The van der Waals surface area contributed by atoms with E-state index in [0.29, 0.717) is 30.4 Å². The molecule has 0 spiro atoms. The van der Waals surface area contributed by atoms with Crippen molar-refractivity contribution in [3.63, 3.8) is 0 Å². The van der Waals surface area contributed by atoms with Crippen LogP contribution in [0.1, 0.15) is 15.9 Å². The molecule has 7 nitrogen and oxygen atoms in total. The van der Waals surface area contributed by atoms with Crippen LogP contribution in [0.15, 0.2) is 60.7 Å². The Kier molecular flexibility index (Phi) is 6.29. The number of aliphatic carboxylic acids is 1. The number of rotatable bonds is 5. The van der Waals surface area contributed by atoms with E-state index >= 15 is 0 Å². The molecule has 0 unspecified atom stereocenters. The molecule has 0 bridgehead atoms. The summed E-state index contributed by atoms with van der Waals surface area (Å²) in [7, 11) is 0. The molecule has 1 aliphatic heterocycles. The van der Waals surface area contributed by atoms with Crippen LogP contribution in [0.25, 0.3) is 0 Å². The number of carboxylic acid groups (broad SMARTS) is 1. The summed E-state index contributed by atoms with van der Waals surface area (Å²) in [6.45, 7) is 4.62. The summed E-state index contributed by atoms with van der Waals surface area (Å²) in [5.74, 6) is -2.28. The molecule has 0 saturated carbocycles. The number of anilines is 2. The van der Waals surface area contributed by atoms with Crippen LogP contribution in [-0.4, -0.2) is 48.9 Å². The number of hydrogen-bond donors (Lipinski definition) is 1. The van der Waals surface area contributed by atoms with Crippen molar-refractivity contribution in [3.05, 3.63) is 71.8 Å². The van der Waals surface area contributed by atoms with Gasteiger partial charge in [-0.05, 0) is 37.3 Å². The number of amides is 2. The van der Waals surface area contributed by atoms with Crippen LogP contribution >= 0.6 is 0 Å². The number of benzene rings is 2. The van der Waals surface area contributed by atoms with Gasteiger partial charge in [0.25, 0.3) is 5.91 Å². The van der Waals surface area contributed by atoms with E-state index in [9.17, 15) is 19.5 Å². The van der Waals surface area contributed by atoms with Crippen molar-refractivity contribution < 1.29 is 19.5 Å². The number of aryl methyl sites for hydroxylation is 1. The van der Waals surface area contributed by atoms with Gasteiger partial charge in [-0.2, -0.15) is 0 Å². The van der Waals surface area contributed by atoms with Crippen molar-refractivity contribution in [3.8, 4) is 0 Å². The minimum absolute atomic E-state index is 0.173. The molecule has 0 aliphatic carbocycles. The maximum atomic E-state index is 13.0. The Morgan fingerprint density at radius 2 is 1.59 bits per heavy atom. The standard InChI is InChI=1S/C22H23N3O4/c1-16-6-8-17(9-7-16)24-12-14-25(15-13-24)22(29)18-4-2-3-5-19(18)23-20(26)10-11-21(27)28/h2-11H,12-15H2,1H3,(H,23,26)(H,27,28)/p-1/b11-10-. The van der Waals surface area contributed by atoms with Crippen LogP contribution < -0.4 is 15.3 Å². The lowest BCUT2D eigenvalue weighted by molar-refractivity contribution is -0.297. The molecule has 2 amide bonds. The van der Waals surface area contributed by atoms with Gasteiger partial charge in [-0.3, -0.25) is 9.59 Å². The summed E-state index contributed by atoms with van der Waals surface area (Å²) in [6.07, 6.45) is 1.50. The van der Waals surface area contributed by atoms with Crippen molar-refractivity contribution in [2.75, 3.05) is 36.4 Å². The van der Waals surface area contributed by atoms with Crippen molar-refractivity contribution >= 4 is 29.2 Å². The second-order valence-electron chi connectivity index (χ2n) is 6.80. The van der Waals surface area contributed by atoms with Crippen LogP contribution in [0.3, 0.4) is 0 Å². The van der Waals surface area contributed by atoms with Crippen molar-refractivity contribution in [1.82, 2.24) is 4.90 Å². The number of para-hydroxylation sites is 1. The Morgan fingerprint density at radius 1 is 0.931 bits per heavy atom. The average Bonchev–Trinajstić information content (AvgIpc) is 2.73. The molecule has 29 heavy (non-hydrogen) atoms. The summed E-state index contributed by atoms with van der Waals surface area (Å²) in [5.41, 5.74) is 3.05. The SMILES string of the molecule is Cc1ccc(N2CCN(C(=O)c3ccccc3NC(=O)/C=C\C(=O)[O-])CC2)cc1.